The third-order valence-corrected chi connectivity index (χ3v) is 3.03. The van der Waals surface area contributed by atoms with Crippen molar-refractivity contribution in [1.29, 1.82) is 0 Å². The number of pyridine rings is 1. The Morgan fingerprint density at radius 1 is 1.30 bits per heavy atom. The van der Waals surface area contributed by atoms with Crippen molar-refractivity contribution in [3.8, 4) is 11.4 Å². The van der Waals surface area contributed by atoms with Crippen LogP contribution in [0.2, 0.25) is 5.02 Å². The van der Waals surface area contributed by atoms with Crippen LogP contribution in [0.15, 0.2) is 36.5 Å². The lowest BCUT2D eigenvalue weighted by molar-refractivity contribution is -0.385. The normalized spacial score (nSPS) is 10.9. The van der Waals surface area contributed by atoms with E-state index in [1.54, 1.807) is 0 Å². The molecule has 8 heteroatoms. The molecule has 0 aliphatic carbocycles. The van der Waals surface area contributed by atoms with Crippen molar-refractivity contribution in [2.24, 2.45) is 0 Å². The number of hydrogen-bond donors (Lipinski definition) is 0. The van der Waals surface area contributed by atoms with Gasteiger partial charge >= 0.3 is 0 Å². The summed E-state index contributed by atoms with van der Waals surface area (Å²) in [5.41, 5.74) is 0.305. The molecule has 0 amide bonds. The Balaban J connectivity index is 2.21. The van der Waals surface area contributed by atoms with Gasteiger partial charge in [0.05, 0.1) is 15.5 Å². The lowest BCUT2D eigenvalue weighted by atomic mass is 10.2. The minimum Gasteiger partial charge on any atom is -0.258 e. The Labute approximate surface area is 116 Å². The van der Waals surface area contributed by atoms with Crippen molar-refractivity contribution in [3.63, 3.8) is 0 Å². The molecule has 0 bridgehead atoms. The van der Waals surface area contributed by atoms with Gasteiger partial charge in [-0.25, -0.2) is 13.9 Å². The molecule has 2 heterocycles. The van der Waals surface area contributed by atoms with Crippen molar-refractivity contribution in [1.82, 2.24) is 14.6 Å². The predicted molar refractivity (Wildman–Crippen MR) is 70.0 cm³/mol. The summed E-state index contributed by atoms with van der Waals surface area (Å²) < 4.78 is 15.0. The van der Waals surface area contributed by atoms with Crippen LogP contribution in [0.25, 0.3) is 17.0 Å². The summed E-state index contributed by atoms with van der Waals surface area (Å²) in [6.07, 6.45) is 1.21. The second kappa shape index (κ2) is 4.53. The van der Waals surface area contributed by atoms with Crippen molar-refractivity contribution < 1.29 is 9.31 Å². The highest BCUT2D eigenvalue weighted by Crippen LogP contribution is 2.28. The maximum absolute atomic E-state index is 13.8. The molecule has 0 fully saturated rings. The lowest BCUT2D eigenvalue weighted by Gasteiger charge is -1.99. The molecule has 6 nitrogen and oxygen atoms in total. The average Bonchev–Trinajstić information content (AvgIpc) is 2.80. The zero-order valence-corrected chi connectivity index (χ0v) is 10.6. The maximum Gasteiger partial charge on any atom is 0.287 e. The number of nitrogens with zero attached hydrogens (tertiary/aromatic N) is 4. The topological polar surface area (TPSA) is 73.3 Å². The molecule has 0 N–H and O–H groups in total. The van der Waals surface area contributed by atoms with E-state index >= 15 is 0 Å². The molecule has 0 spiro atoms. The molecule has 0 aliphatic heterocycles. The van der Waals surface area contributed by atoms with Crippen LogP contribution in [0.4, 0.5) is 10.1 Å². The number of halogens is 2. The summed E-state index contributed by atoms with van der Waals surface area (Å²) in [6.45, 7) is 0. The van der Waals surface area contributed by atoms with Gasteiger partial charge in [-0.2, -0.15) is 0 Å². The Morgan fingerprint density at radius 2 is 2.10 bits per heavy atom. The van der Waals surface area contributed by atoms with E-state index < -0.39 is 10.7 Å². The SMILES string of the molecule is O=[N+]([O-])c1ccc2nc(-c3c(F)cccc3Cl)nn2c1. The zero-order valence-electron chi connectivity index (χ0n) is 9.83. The molecule has 3 aromatic rings. The van der Waals surface area contributed by atoms with Crippen molar-refractivity contribution >= 4 is 22.9 Å². The second-order valence-electron chi connectivity index (χ2n) is 3.98. The van der Waals surface area contributed by atoms with Crippen LogP contribution in [0.1, 0.15) is 0 Å². The van der Waals surface area contributed by atoms with Crippen LogP contribution in [-0.2, 0) is 0 Å². The van der Waals surface area contributed by atoms with E-state index in [1.807, 2.05) is 0 Å². The summed E-state index contributed by atoms with van der Waals surface area (Å²) in [4.78, 5) is 14.3. The van der Waals surface area contributed by atoms with E-state index in [4.69, 9.17) is 11.6 Å². The molecule has 100 valence electrons. The van der Waals surface area contributed by atoms with Crippen molar-refractivity contribution in [2.45, 2.75) is 0 Å². The number of fused-ring (bicyclic) bond motifs is 1. The van der Waals surface area contributed by atoms with Crippen LogP contribution in [0.3, 0.4) is 0 Å². The summed E-state index contributed by atoms with van der Waals surface area (Å²) in [5.74, 6) is -0.475. The minimum atomic E-state index is -0.553. The van der Waals surface area contributed by atoms with E-state index in [2.05, 4.69) is 10.1 Å². The molecule has 3 rings (SSSR count). The zero-order chi connectivity index (χ0) is 14.3. The van der Waals surface area contributed by atoms with Gasteiger partial charge in [0.2, 0.25) is 0 Å². The van der Waals surface area contributed by atoms with E-state index in [0.717, 1.165) is 0 Å². The quantitative estimate of drug-likeness (QED) is 0.537. The van der Waals surface area contributed by atoms with Crippen LogP contribution in [0.5, 0.6) is 0 Å². The van der Waals surface area contributed by atoms with E-state index in [9.17, 15) is 14.5 Å². The Bertz CT molecular complexity index is 813. The largest absolute Gasteiger partial charge is 0.287 e. The van der Waals surface area contributed by atoms with E-state index in [-0.39, 0.29) is 22.1 Å². The van der Waals surface area contributed by atoms with E-state index in [0.29, 0.717) is 5.65 Å². The standard InChI is InChI=1S/C12H6ClFN4O2/c13-8-2-1-3-9(14)11(8)12-15-10-5-4-7(18(19)20)6-17(10)16-12/h1-6H. The fourth-order valence-corrected chi connectivity index (χ4v) is 2.05. The number of nitro groups is 1. The fraction of sp³-hybridized carbons (Fsp3) is 0. The molecule has 0 unspecified atom stereocenters. The van der Waals surface area contributed by atoms with Crippen LogP contribution < -0.4 is 0 Å². The first-order valence-corrected chi connectivity index (χ1v) is 5.89. The smallest absolute Gasteiger partial charge is 0.258 e. The third kappa shape index (κ3) is 1.97. The van der Waals surface area contributed by atoms with Gasteiger partial charge in [0.15, 0.2) is 11.5 Å². The van der Waals surface area contributed by atoms with Gasteiger partial charge in [-0.1, -0.05) is 17.7 Å². The van der Waals surface area contributed by atoms with Gasteiger partial charge in [-0.15, -0.1) is 5.10 Å². The molecule has 0 aliphatic rings. The highest BCUT2D eigenvalue weighted by atomic mass is 35.5. The molecule has 0 saturated heterocycles. The lowest BCUT2D eigenvalue weighted by Crippen LogP contribution is -1.93. The summed E-state index contributed by atoms with van der Waals surface area (Å²) >= 11 is 5.94. The Hall–Kier alpha value is -2.54. The van der Waals surface area contributed by atoms with Gasteiger partial charge in [0, 0.05) is 6.07 Å². The van der Waals surface area contributed by atoms with Gasteiger partial charge in [-0.3, -0.25) is 10.1 Å². The number of hydrogen-bond acceptors (Lipinski definition) is 4. The third-order valence-electron chi connectivity index (χ3n) is 2.71. The molecule has 2 aromatic heterocycles. The molecule has 0 radical (unpaired) electrons. The molecule has 1 aromatic carbocycles. The average molecular weight is 293 g/mol. The number of aromatic nitrogens is 3. The minimum absolute atomic E-state index is 0.0699. The number of rotatable bonds is 2. The van der Waals surface area contributed by atoms with Crippen molar-refractivity contribution in [3.05, 3.63) is 57.5 Å². The molecule has 0 saturated carbocycles. The van der Waals surface area contributed by atoms with Gasteiger partial charge < -0.3 is 0 Å². The summed E-state index contributed by atoms with van der Waals surface area (Å²) in [6, 6.07) is 6.98. The highest BCUT2D eigenvalue weighted by molar-refractivity contribution is 6.33. The van der Waals surface area contributed by atoms with Gasteiger partial charge in [-0.05, 0) is 18.2 Å². The summed E-state index contributed by atoms with van der Waals surface area (Å²) in [7, 11) is 0. The first-order valence-electron chi connectivity index (χ1n) is 5.51. The number of benzene rings is 1. The Morgan fingerprint density at radius 3 is 2.80 bits per heavy atom. The van der Waals surface area contributed by atoms with Gasteiger partial charge in [0.25, 0.3) is 5.69 Å². The Kier molecular flexibility index (Phi) is 2.83. The van der Waals surface area contributed by atoms with E-state index in [1.165, 1.54) is 41.0 Å². The molecular weight excluding hydrogens is 287 g/mol. The molecule has 0 atom stereocenters. The van der Waals surface area contributed by atoms with Gasteiger partial charge in [0.1, 0.15) is 12.0 Å². The van der Waals surface area contributed by atoms with Crippen molar-refractivity contribution in [2.75, 3.05) is 0 Å². The second-order valence-corrected chi connectivity index (χ2v) is 4.39. The first-order chi connectivity index (χ1) is 9.56. The van der Waals surface area contributed by atoms with Crippen LogP contribution in [-0.4, -0.2) is 19.5 Å². The van der Waals surface area contributed by atoms with Crippen LogP contribution in [0, 0.1) is 15.9 Å². The predicted octanol–water partition coefficient (Wildman–Crippen LogP) is 3.10. The molecule has 20 heavy (non-hydrogen) atoms. The monoisotopic (exact) mass is 292 g/mol. The maximum atomic E-state index is 13.8. The summed E-state index contributed by atoms with van der Waals surface area (Å²) in [5, 5.41) is 14.9. The highest BCUT2D eigenvalue weighted by Gasteiger charge is 2.16. The van der Waals surface area contributed by atoms with Crippen LogP contribution >= 0.6 is 11.6 Å². The first kappa shape index (κ1) is 12.5. The molecular formula is C12H6ClFN4O2. The fourth-order valence-electron chi connectivity index (χ4n) is 1.80.